The number of nitro groups is 1. The van der Waals surface area contributed by atoms with E-state index in [0.29, 0.717) is 26.3 Å². The SMILES string of the molecule is CCOCCN(CC)C(=O)c1ccc(N)c([N+](=O)[O-])c1. The molecule has 1 rings (SSSR count). The summed E-state index contributed by atoms with van der Waals surface area (Å²) in [6, 6.07) is 4.08. The predicted octanol–water partition coefficient (Wildman–Crippen LogP) is 1.68. The molecule has 0 bridgehead atoms. The van der Waals surface area contributed by atoms with Crippen LogP contribution in [0.2, 0.25) is 0 Å². The van der Waals surface area contributed by atoms with Crippen LogP contribution in [0.1, 0.15) is 24.2 Å². The lowest BCUT2D eigenvalue weighted by Crippen LogP contribution is -2.33. The van der Waals surface area contributed by atoms with Gasteiger partial charge in [-0.05, 0) is 26.0 Å². The third-order valence-electron chi connectivity index (χ3n) is 2.85. The second-order valence-corrected chi connectivity index (χ2v) is 4.11. The number of anilines is 1. The Bertz CT molecular complexity index is 491. The Morgan fingerprint density at radius 1 is 1.45 bits per heavy atom. The van der Waals surface area contributed by atoms with Crippen LogP contribution in [0.5, 0.6) is 0 Å². The molecular weight excluding hydrogens is 262 g/mol. The molecule has 2 N–H and O–H groups in total. The molecule has 7 heteroatoms. The molecule has 0 atom stereocenters. The van der Waals surface area contributed by atoms with Crippen molar-refractivity contribution < 1.29 is 14.5 Å². The van der Waals surface area contributed by atoms with Crippen LogP contribution >= 0.6 is 0 Å². The van der Waals surface area contributed by atoms with Crippen LogP contribution in [0.15, 0.2) is 18.2 Å². The van der Waals surface area contributed by atoms with Gasteiger partial charge in [0.05, 0.1) is 11.5 Å². The fourth-order valence-corrected chi connectivity index (χ4v) is 1.74. The molecule has 0 unspecified atom stereocenters. The van der Waals surface area contributed by atoms with E-state index < -0.39 is 4.92 Å². The molecule has 7 nitrogen and oxygen atoms in total. The smallest absolute Gasteiger partial charge is 0.292 e. The van der Waals surface area contributed by atoms with Crippen LogP contribution in [0, 0.1) is 10.1 Å². The first-order valence-corrected chi connectivity index (χ1v) is 6.42. The first-order valence-electron chi connectivity index (χ1n) is 6.42. The molecule has 0 fully saturated rings. The van der Waals surface area contributed by atoms with Crippen LogP contribution in [0.25, 0.3) is 0 Å². The molecule has 0 saturated heterocycles. The number of nitrogens with two attached hydrogens (primary N) is 1. The number of carbonyl (C=O) groups is 1. The molecule has 0 aliphatic rings. The average molecular weight is 281 g/mol. The Balaban J connectivity index is 2.89. The molecule has 0 spiro atoms. The Morgan fingerprint density at radius 3 is 2.70 bits per heavy atom. The zero-order valence-electron chi connectivity index (χ0n) is 11.7. The molecule has 110 valence electrons. The van der Waals surface area contributed by atoms with Crippen molar-refractivity contribution >= 4 is 17.3 Å². The van der Waals surface area contributed by atoms with Gasteiger partial charge in [0, 0.05) is 31.3 Å². The molecule has 0 aliphatic carbocycles. The molecule has 1 aromatic rings. The van der Waals surface area contributed by atoms with E-state index in [1.807, 2.05) is 13.8 Å². The lowest BCUT2D eigenvalue weighted by atomic mass is 10.1. The van der Waals surface area contributed by atoms with Crippen molar-refractivity contribution in [3.8, 4) is 0 Å². The fourth-order valence-electron chi connectivity index (χ4n) is 1.74. The number of hydrogen-bond acceptors (Lipinski definition) is 5. The van der Waals surface area contributed by atoms with E-state index in [1.165, 1.54) is 18.2 Å². The number of likely N-dealkylation sites (N-methyl/N-ethyl adjacent to an activating group) is 1. The van der Waals surface area contributed by atoms with Gasteiger partial charge >= 0.3 is 0 Å². The van der Waals surface area contributed by atoms with Crippen LogP contribution in [-0.4, -0.2) is 42.0 Å². The monoisotopic (exact) mass is 281 g/mol. The maximum Gasteiger partial charge on any atom is 0.292 e. The highest BCUT2D eigenvalue weighted by molar-refractivity contribution is 5.95. The van der Waals surface area contributed by atoms with Crippen molar-refractivity contribution in [3.63, 3.8) is 0 Å². The summed E-state index contributed by atoms with van der Waals surface area (Å²) in [5.74, 6) is -0.268. The zero-order valence-corrected chi connectivity index (χ0v) is 11.7. The Labute approximate surface area is 117 Å². The lowest BCUT2D eigenvalue weighted by molar-refractivity contribution is -0.383. The summed E-state index contributed by atoms with van der Waals surface area (Å²) in [5.41, 5.74) is 5.56. The number of nitro benzene ring substituents is 1. The van der Waals surface area contributed by atoms with Gasteiger partial charge in [0.15, 0.2) is 0 Å². The minimum atomic E-state index is -0.595. The van der Waals surface area contributed by atoms with Gasteiger partial charge in [-0.1, -0.05) is 0 Å². The number of benzene rings is 1. The highest BCUT2D eigenvalue weighted by atomic mass is 16.6. The summed E-state index contributed by atoms with van der Waals surface area (Å²) in [7, 11) is 0. The average Bonchev–Trinajstić information content (AvgIpc) is 2.43. The third-order valence-corrected chi connectivity index (χ3v) is 2.85. The summed E-state index contributed by atoms with van der Waals surface area (Å²) >= 11 is 0. The largest absolute Gasteiger partial charge is 0.393 e. The predicted molar refractivity (Wildman–Crippen MR) is 75.6 cm³/mol. The maximum atomic E-state index is 12.3. The van der Waals surface area contributed by atoms with E-state index in [1.54, 1.807) is 4.90 Å². The van der Waals surface area contributed by atoms with Gasteiger partial charge in [-0.2, -0.15) is 0 Å². The van der Waals surface area contributed by atoms with E-state index in [4.69, 9.17) is 10.5 Å². The number of amides is 1. The maximum absolute atomic E-state index is 12.3. The first kappa shape index (κ1) is 15.9. The number of nitrogens with zero attached hydrogens (tertiary/aromatic N) is 2. The summed E-state index contributed by atoms with van der Waals surface area (Å²) in [6.45, 7) is 5.69. The lowest BCUT2D eigenvalue weighted by Gasteiger charge is -2.20. The topological polar surface area (TPSA) is 98.7 Å². The molecule has 0 radical (unpaired) electrons. The van der Waals surface area contributed by atoms with Crippen LogP contribution < -0.4 is 5.73 Å². The van der Waals surface area contributed by atoms with Crippen molar-refractivity contribution in [2.75, 3.05) is 32.0 Å². The third kappa shape index (κ3) is 3.92. The summed E-state index contributed by atoms with van der Waals surface area (Å²) in [5, 5.41) is 10.8. The van der Waals surface area contributed by atoms with Crippen LogP contribution in [0.4, 0.5) is 11.4 Å². The van der Waals surface area contributed by atoms with Gasteiger partial charge in [-0.25, -0.2) is 0 Å². The van der Waals surface area contributed by atoms with Crippen molar-refractivity contribution in [1.29, 1.82) is 0 Å². The van der Waals surface area contributed by atoms with Crippen molar-refractivity contribution in [3.05, 3.63) is 33.9 Å². The van der Waals surface area contributed by atoms with E-state index in [-0.39, 0.29) is 22.8 Å². The van der Waals surface area contributed by atoms with Gasteiger partial charge in [0.2, 0.25) is 0 Å². The molecule has 0 aliphatic heterocycles. The van der Waals surface area contributed by atoms with E-state index in [2.05, 4.69) is 0 Å². The number of ether oxygens (including phenoxy) is 1. The van der Waals surface area contributed by atoms with Crippen LogP contribution in [0.3, 0.4) is 0 Å². The Hall–Kier alpha value is -2.15. The van der Waals surface area contributed by atoms with Crippen molar-refractivity contribution in [1.82, 2.24) is 4.90 Å². The van der Waals surface area contributed by atoms with Crippen LogP contribution in [-0.2, 0) is 4.74 Å². The molecule has 0 saturated carbocycles. The van der Waals surface area contributed by atoms with Crippen molar-refractivity contribution in [2.24, 2.45) is 0 Å². The Morgan fingerprint density at radius 2 is 2.15 bits per heavy atom. The number of carbonyl (C=O) groups excluding carboxylic acids is 1. The molecule has 20 heavy (non-hydrogen) atoms. The normalized spacial score (nSPS) is 10.3. The van der Waals surface area contributed by atoms with Gasteiger partial charge in [0.25, 0.3) is 11.6 Å². The Kier molecular flexibility index (Phi) is 5.92. The van der Waals surface area contributed by atoms with E-state index >= 15 is 0 Å². The van der Waals surface area contributed by atoms with Gasteiger partial charge in [-0.15, -0.1) is 0 Å². The number of nitrogen functional groups attached to an aromatic ring is 1. The standard InChI is InChI=1S/C13H19N3O4/c1-3-15(7-8-20-4-2)13(17)10-5-6-11(14)12(9-10)16(18)19/h5-6,9H,3-4,7-8,14H2,1-2H3. The molecular formula is C13H19N3O4. The van der Waals surface area contributed by atoms with Gasteiger partial charge in [0.1, 0.15) is 5.69 Å². The minimum absolute atomic E-state index is 0.0453. The van der Waals surface area contributed by atoms with Gasteiger partial charge < -0.3 is 15.4 Å². The number of hydrogen-bond donors (Lipinski definition) is 1. The van der Waals surface area contributed by atoms with E-state index in [9.17, 15) is 14.9 Å². The second-order valence-electron chi connectivity index (χ2n) is 4.11. The molecule has 1 aromatic carbocycles. The second kappa shape index (κ2) is 7.44. The first-order chi connectivity index (χ1) is 9.51. The summed E-state index contributed by atoms with van der Waals surface area (Å²) < 4.78 is 5.21. The zero-order chi connectivity index (χ0) is 15.1. The minimum Gasteiger partial charge on any atom is -0.393 e. The summed E-state index contributed by atoms with van der Waals surface area (Å²) in [4.78, 5) is 24.1. The quantitative estimate of drug-likeness (QED) is 0.355. The highest BCUT2D eigenvalue weighted by Gasteiger charge is 2.19. The summed E-state index contributed by atoms with van der Waals surface area (Å²) in [6.07, 6.45) is 0. The van der Waals surface area contributed by atoms with Crippen molar-refractivity contribution in [2.45, 2.75) is 13.8 Å². The van der Waals surface area contributed by atoms with E-state index in [0.717, 1.165) is 0 Å². The fraction of sp³-hybridized carbons (Fsp3) is 0.462. The molecule has 1 amide bonds. The molecule has 0 aromatic heterocycles. The highest BCUT2D eigenvalue weighted by Crippen LogP contribution is 2.23. The van der Waals surface area contributed by atoms with Gasteiger partial charge in [-0.3, -0.25) is 14.9 Å². The molecule has 0 heterocycles. The number of rotatable bonds is 7.